The first-order chi connectivity index (χ1) is 18.1. The Morgan fingerprint density at radius 2 is 1.35 bits per heavy atom. The van der Waals surface area contributed by atoms with Crippen LogP contribution in [0.4, 0.5) is 0 Å². The third-order valence-corrected chi connectivity index (χ3v) is 6.47. The Labute approximate surface area is 221 Å². The Hall–Kier alpha value is -4.17. The first-order valence-electron chi connectivity index (χ1n) is 12.9. The van der Waals surface area contributed by atoms with Crippen molar-refractivity contribution in [1.82, 2.24) is 0 Å². The maximum absolute atomic E-state index is 12.5. The first kappa shape index (κ1) is 25.9. The SMILES string of the molecule is C/C=C/CCc1ccc(OC(=O)c2ccc(C=Cc3ccc(C[C@H](C)c4ccccc4)cc3)cc2)cc1. The van der Waals surface area contributed by atoms with Crippen LogP contribution in [0.5, 0.6) is 5.75 Å². The summed E-state index contributed by atoms with van der Waals surface area (Å²) < 4.78 is 5.55. The van der Waals surface area contributed by atoms with Gasteiger partial charge in [-0.05, 0) is 84.2 Å². The number of rotatable bonds is 10. The summed E-state index contributed by atoms with van der Waals surface area (Å²) in [5.41, 5.74) is 6.64. The molecule has 0 N–H and O–H groups in total. The number of carbonyl (C=O) groups is 1. The summed E-state index contributed by atoms with van der Waals surface area (Å²) in [5, 5.41) is 0. The molecule has 0 aliphatic carbocycles. The molecule has 2 heteroatoms. The third kappa shape index (κ3) is 7.91. The van der Waals surface area contributed by atoms with E-state index in [1.54, 1.807) is 0 Å². The Morgan fingerprint density at radius 1 is 0.757 bits per heavy atom. The van der Waals surface area contributed by atoms with Crippen molar-refractivity contribution >= 4 is 18.1 Å². The highest BCUT2D eigenvalue weighted by molar-refractivity contribution is 5.91. The van der Waals surface area contributed by atoms with Crippen molar-refractivity contribution in [2.75, 3.05) is 0 Å². The molecule has 4 rings (SSSR count). The van der Waals surface area contributed by atoms with E-state index in [4.69, 9.17) is 4.74 Å². The lowest BCUT2D eigenvalue weighted by molar-refractivity contribution is 0.0734. The van der Waals surface area contributed by atoms with Gasteiger partial charge in [-0.2, -0.15) is 0 Å². The number of hydrogen-bond donors (Lipinski definition) is 0. The molecule has 2 nitrogen and oxygen atoms in total. The Bertz CT molecular complexity index is 1310. The molecular formula is C35H34O2. The fraction of sp³-hybridized carbons (Fsp3) is 0.171. The van der Waals surface area contributed by atoms with Crippen molar-refractivity contribution in [3.05, 3.63) is 149 Å². The van der Waals surface area contributed by atoms with Crippen molar-refractivity contribution in [3.8, 4) is 5.75 Å². The largest absolute Gasteiger partial charge is 0.423 e. The molecule has 0 spiro atoms. The van der Waals surface area contributed by atoms with E-state index in [0.29, 0.717) is 17.2 Å². The van der Waals surface area contributed by atoms with E-state index < -0.39 is 0 Å². The number of carbonyl (C=O) groups excluding carboxylic acids is 1. The van der Waals surface area contributed by atoms with Crippen LogP contribution in [0.3, 0.4) is 0 Å². The normalized spacial score (nSPS) is 12.2. The van der Waals surface area contributed by atoms with E-state index in [1.165, 1.54) is 16.7 Å². The van der Waals surface area contributed by atoms with Gasteiger partial charge in [0, 0.05) is 0 Å². The summed E-state index contributed by atoms with van der Waals surface area (Å²) in [6.07, 6.45) is 11.4. The second kappa shape index (κ2) is 13.2. The van der Waals surface area contributed by atoms with Crippen molar-refractivity contribution < 1.29 is 9.53 Å². The molecule has 0 radical (unpaired) electrons. The molecule has 0 saturated heterocycles. The van der Waals surface area contributed by atoms with Crippen LogP contribution in [0.15, 0.2) is 115 Å². The van der Waals surface area contributed by atoms with Gasteiger partial charge < -0.3 is 4.74 Å². The van der Waals surface area contributed by atoms with Crippen LogP contribution >= 0.6 is 0 Å². The molecule has 37 heavy (non-hydrogen) atoms. The molecule has 0 heterocycles. The highest BCUT2D eigenvalue weighted by Gasteiger charge is 2.09. The lowest BCUT2D eigenvalue weighted by Crippen LogP contribution is -2.08. The Morgan fingerprint density at radius 3 is 1.97 bits per heavy atom. The van der Waals surface area contributed by atoms with Gasteiger partial charge in [0.1, 0.15) is 5.75 Å². The van der Waals surface area contributed by atoms with Gasteiger partial charge in [0.2, 0.25) is 0 Å². The number of aryl methyl sites for hydroxylation is 1. The molecule has 0 aliphatic heterocycles. The molecule has 186 valence electrons. The predicted octanol–water partition coefficient (Wildman–Crippen LogP) is 8.93. The van der Waals surface area contributed by atoms with E-state index in [-0.39, 0.29) is 5.97 Å². The van der Waals surface area contributed by atoms with Gasteiger partial charge >= 0.3 is 5.97 Å². The van der Waals surface area contributed by atoms with Crippen LogP contribution in [0.1, 0.15) is 64.4 Å². The summed E-state index contributed by atoms with van der Waals surface area (Å²) in [6.45, 7) is 4.30. The minimum absolute atomic E-state index is 0.350. The van der Waals surface area contributed by atoms with Crippen LogP contribution in [0, 0.1) is 0 Å². The van der Waals surface area contributed by atoms with Gasteiger partial charge in [-0.1, -0.05) is 110 Å². The standard InChI is InChI=1S/C35H34O2/c1-3-4-6-9-28-20-24-34(25-21-28)37-35(36)33-22-18-30(19-23-33)13-12-29-14-16-31(17-15-29)26-27(2)32-10-7-5-8-11-32/h3-5,7-8,10-25,27H,6,9,26H2,1-2H3/b4-3+,13-12?/t27-/m0/s1. The molecular weight excluding hydrogens is 452 g/mol. The van der Waals surface area contributed by atoms with Gasteiger partial charge in [0.25, 0.3) is 0 Å². The topological polar surface area (TPSA) is 26.3 Å². The number of hydrogen-bond acceptors (Lipinski definition) is 2. The Balaban J connectivity index is 1.29. The van der Waals surface area contributed by atoms with Gasteiger partial charge in [-0.15, -0.1) is 0 Å². The van der Waals surface area contributed by atoms with Crippen LogP contribution in [0.25, 0.3) is 12.2 Å². The van der Waals surface area contributed by atoms with Crippen molar-refractivity contribution in [3.63, 3.8) is 0 Å². The number of esters is 1. The molecule has 0 aliphatic rings. The maximum Gasteiger partial charge on any atom is 0.343 e. The molecule has 1 atom stereocenters. The molecule has 0 amide bonds. The van der Waals surface area contributed by atoms with E-state index in [2.05, 4.69) is 85.8 Å². The lowest BCUT2D eigenvalue weighted by atomic mass is 9.93. The zero-order valence-electron chi connectivity index (χ0n) is 21.6. The zero-order valence-corrected chi connectivity index (χ0v) is 21.6. The molecule has 0 bridgehead atoms. The van der Waals surface area contributed by atoms with Crippen molar-refractivity contribution in [2.45, 2.75) is 39.0 Å². The van der Waals surface area contributed by atoms with E-state index in [0.717, 1.165) is 30.4 Å². The van der Waals surface area contributed by atoms with Crippen LogP contribution < -0.4 is 4.74 Å². The fourth-order valence-electron chi connectivity index (χ4n) is 4.25. The zero-order chi connectivity index (χ0) is 25.9. The number of benzene rings is 4. The van der Waals surface area contributed by atoms with E-state index in [1.807, 2.05) is 55.5 Å². The van der Waals surface area contributed by atoms with Crippen LogP contribution in [0.2, 0.25) is 0 Å². The lowest BCUT2D eigenvalue weighted by Gasteiger charge is -2.12. The highest BCUT2D eigenvalue weighted by atomic mass is 16.5. The second-order valence-corrected chi connectivity index (χ2v) is 9.35. The third-order valence-electron chi connectivity index (χ3n) is 6.47. The number of ether oxygens (including phenoxy) is 1. The molecule has 4 aromatic carbocycles. The van der Waals surface area contributed by atoms with Crippen LogP contribution in [-0.4, -0.2) is 5.97 Å². The predicted molar refractivity (Wildman–Crippen MR) is 155 cm³/mol. The molecule has 0 saturated carbocycles. The average Bonchev–Trinajstić information content (AvgIpc) is 2.94. The smallest absolute Gasteiger partial charge is 0.343 e. The summed E-state index contributed by atoms with van der Waals surface area (Å²) in [7, 11) is 0. The van der Waals surface area contributed by atoms with Crippen molar-refractivity contribution in [2.24, 2.45) is 0 Å². The fourth-order valence-corrected chi connectivity index (χ4v) is 4.25. The van der Waals surface area contributed by atoms with E-state index in [9.17, 15) is 4.79 Å². The van der Waals surface area contributed by atoms with Crippen molar-refractivity contribution in [1.29, 1.82) is 0 Å². The highest BCUT2D eigenvalue weighted by Crippen LogP contribution is 2.21. The Kier molecular flexibility index (Phi) is 9.26. The molecule has 0 aromatic heterocycles. The summed E-state index contributed by atoms with van der Waals surface area (Å²) in [5.74, 6) is 0.697. The summed E-state index contributed by atoms with van der Waals surface area (Å²) in [4.78, 5) is 12.5. The van der Waals surface area contributed by atoms with Gasteiger partial charge in [-0.25, -0.2) is 4.79 Å². The minimum Gasteiger partial charge on any atom is -0.423 e. The first-order valence-corrected chi connectivity index (χ1v) is 12.9. The van der Waals surface area contributed by atoms with Gasteiger partial charge in [0.05, 0.1) is 5.56 Å². The quantitative estimate of drug-likeness (QED) is 0.0968. The monoisotopic (exact) mass is 486 g/mol. The second-order valence-electron chi connectivity index (χ2n) is 9.35. The summed E-state index contributed by atoms with van der Waals surface area (Å²) >= 11 is 0. The minimum atomic E-state index is -0.350. The summed E-state index contributed by atoms with van der Waals surface area (Å²) in [6, 6.07) is 34.6. The molecule has 0 unspecified atom stereocenters. The molecule has 0 fully saturated rings. The van der Waals surface area contributed by atoms with E-state index >= 15 is 0 Å². The average molecular weight is 487 g/mol. The van der Waals surface area contributed by atoms with Gasteiger partial charge in [-0.3, -0.25) is 0 Å². The molecule has 4 aromatic rings. The van der Waals surface area contributed by atoms with Gasteiger partial charge in [0.15, 0.2) is 0 Å². The maximum atomic E-state index is 12.5. The van der Waals surface area contributed by atoms with Crippen LogP contribution in [-0.2, 0) is 12.8 Å². The number of allylic oxidation sites excluding steroid dienone is 2.